The van der Waals surface area contributed by atoms with Crippen LogP contribution in [-0.4, -0.2) is 53.3 Å². The van der Waals surface area contributed by atoms with Gasteiger partial charge in [-0.1, -0.05) is 41.4 Å². The van der Waals surface area contributed by atoms with E-state index >= 15 is 0 Å². The summed E-state index contributed by atoms with van der Waals surface area (Å²) in [7, 11) is 1.89. The van der Waals surface area contributed by atoms with Crippen LogP contribution in [0.5, 0.6) is 0 Å². The third-order valence-corrected chi connectivity index (χ3v) is 6.28. The van der Waals surface area contributed by atoms with Gasteiger partial charge in [0.05, 0.1) is 17.0 Å². The van der Waals surface area contributed by atoms with E-state index in [0.29, 0.717) is 18.7 Å². The summed E-state index contributed by atoms with van der Waals surface area (Å²) in [5.41, 5.74) is 3.23. The van der Waals surface area contributed by atoms with Crippen molar-refractivity contribution in [3.8, 4) is 11.3 Å². The average Bonchev–Trinajstić information content (AvgIpc) is 2.76. The molecule has 1 aromatic carbocycles. The second-order valence-corrected chi connectivity index (χ2v) is 8.94. The van der Waals surface area contributed by atoms with Crippen molar-refractivity contribution in [2.24, 2.45) is 5.92 Å². The van der Waals surface area contributed by atoms with E-state index in [1.165, 1.54) is 0 Å². The van der Waals surface area contributed by atoms with Gasteiger partial charge in [0.2, 0.25) is 5.91 Å². The van der Waals surface area contributed by atoms with Gasteiger partial charge >= 0.3 is 0 Å². The predicted octanol–water partition coefficient (Wildman–Crippen LogP) is 4.93. The summed E-state index contributed by atoms with van der Waals surface area (Å²) in [5.74, 6) is 0.242. The topological polar surface area (TPSA) is 53.5 Å². The highest BCUT2D eigenvalue weighted by molar-refractivity contribution is 9.10. The quantitative estimate of drug-likeness (QED) is 0.599. The van der Waals surface area contributed by atoms with Crippen molar-refractivity contribution in [1.29, 1.82) is 0 Å². The van der Waals surface area contributed by atoms with Gasteiger partial charge in [0.25, 0.3) is 5.91 Å². The maximum absolute atomic E-state index is 13.1. The molecule has 0 bridgehead atoms. The average molecular weight is 472 g/mol. The first-order valence-electron chi connectivity index (χ1n) is 10.7. The van der Waals surface area contributed by atoms with Crippen molar-refractivity contribution in [1.82, 2.24) is 14.8 Å². The van der Waals surface area contributed by atoms with Crippen molar-refractivity contribution in [2.75, 3.05) is 26.7 Å². The Bertz CT molecular complexity index is 907. The number of carbonyl (C=O) groups is 2. The molecule has 160 valence electrons. The zero-order chi connectivity index (χ0) is 21.7. The molecule has 0 radical (unpaired) electrons. The smallest absolute Gasteiger partial charge is 0.255 e. The minimum atomic E-state index is 0.00558. The Morgan fingerprint density at radius 2 is 1.93 bits per heavy atom. The molecule has 6 heteroatoms. The van der Waals surface area contributed by atoms with E-state index in [9.17, 15) is 9.59 Å². The number of hydrogen-bond acceptors (Lipinski definition) is 3. The molecule has 1 aliphatic heterocycles. The molecule has 0 saturated carbocycles. The number of rotatable bonds is 6. The highest BCUT2D eigenvalue weighted by atomic mass is 79.9. The summed E-state index contributed by atoms with van der Waals surface area (Å²) in [4.78, 5) is 34.0. The minimum absolute atomic E-state index is 0.00558. The third kappa shape index (κ3) is 5.28. The van der Waals surface area contributed by atoms with Gasteiger partial charge in [0.15, 0.2) is 0 Å². The van der Waals surface area contributed by atoms with Crippen LogP contribution in [0.15, 0.2) is 40.9 Å². The van der Waals surface area contributed by atoms with Crippen LogP contribution in [0.3, 0.4) is 0 Å². The van der Waals surface area contributed by atoms with Crippen LogP contribution in [0.25, 0.3) is 11.3 Å². The van der Waals surface area contributed by atoms with Gasteiger partial charge in [-0.15, -0.1) is 0 Å². The highest BCUT2D eigenvalue weighted by Gasteiger charge is 2.30. The van der Waals surface area contributed by atoms with Crippen LogP contribution in [0, 0.1) is 12.8 Å². The number of unbranched alkanes of at least 4 members (excludes halogenated alkanes) is 1. The van der Waals surface area contributed by atoms with E-state index in [1.807, 2.05) is 60.2 Å². The van der Waals surface area contributed by atoms with Gasteiger partial charge in [-0.25, -0.2) is 0 Å². The fraction of sp³-hybridized carbons (Fsp3) is 0.458. The van der Waals surface area contributed by atoms with Crippen molar-refractivity contribution in [3.63, 3.8) is 0 Å². The Kier molecular flexibility index (Phi) is 7.64. The van der Waals surface area contributed by atoms with Gasteiger partial charge in [-0.2, -0.15) is 0 Å². The van der Waals surface area contributed by atoms with E-state index in [-0.39, 0.29) is 17.7 Å². The SMILES string of the molecule is CCCCN(C)C(=O)C1CCN(C(=O)c2ccc(-c3cccc(Br)c3)nc2C)CC1. The Balaban J connectivity index is 1.63. The molecule has 5 nitrogen and oxygen atoms in total. The molecular weight excluding hydrogens is 442 g/mol. The summed E-state index contributed by atoms with van der Waals surface area (Å²) < 4.78 is 0.998. The number of aryl methyl sites for hydroxylation is 1. The first-order valence-corrected chi connectivity index (χ1v) is 11.5. The fourth-order valence-electron chi connectivity index (χ4n) is 3.91. The van der Waals surface area contributed by atoms with Crippen molar-refractivity contribution >= 4 is 27.7 Å². The molecule has 2 heterocycles. The Hall–Kier alpha value is -2.21. The largest absolute Gasteiger partial charge is 0.346 e. The molecule has 0 unspecified atom stereocenters. The zero-order valence-electron chi connectivity index (χ0n) is 18.0. The van der Waals surface area contributed by atoms with Crippen molar-refractivity contribution in [3.05, 3.63) is 52.1 Å². The number of benzene rings is 1. The molecule has 0 spiro atoms. The molecule has 3 rings (SSSR count). The normalized spacial score (nSPS) is 14.6. The molecule has 0 aliphatic carbocycles. The lowest BCUT2D eigenvalue weighted by atomic mass is 9.94. The van der Waals surface area contributed by atoms with E-state index < -0.39 is 0 Å². The van der Waals surface area contributed by atoms with E-state index in [1.54, 1.807) is 0 Å². The summed E-state index contributed by atoms with van der Waals surface area (Å²) >= 11 is 3.49. The molecule has 2 aromatic rings. The molecular formula is C24H30BrN3O2. The molecule has 1 saturated heterocycles. The molecule has 1 aliphatic rings. The lowest BCUT2D eigenvalue weighted by molar-refractivity contribution is -0.135. The zero-order valence-corrected chi connectivity index (χ0v) is 19.6. The van der Waals surface area contributed by atoms with Gasteiger partial charge in [-0.3, -0.25) is 14.6 Å². The van der Waals surface area contributed by atoms with Crippen LogP contribution in [0.1, 0.15) is 48.7 Å². The fourth-order valence-corrected chi connectivity index (χ4v) is 4.31. The monoisotopic (exact) mass is 471 g/mol. The number of likely N-dealkylation sites (tertiary alicyclic amines) is 1. The van der Waals surface area contributed by atoms with Crippen molar-refractivity contribution < 1.29 is 9.59 Å². The van der Waals surface area contributed by atoms with Gasteiger partial charge in [-0.05, 0) is 50.5 Å². The Labute approximate surface area is 187 Å². The van der Waals surface area contributed by atoms with Crippen LogP contribution >= 0.6 is 15.9 Å². The number of nitrogens with zero attached hydrogens (tertiary/aromatic N) is 3. The Morgan fingerprint density at radius 1 is 1.20 bits per heavy atom. The standard InChI is InChI=1S/C24H30BrN3O2/c1-4-5-13-27(3)23(29)18-11-14-28(15-12-18)24(30)21-9-10-22(26-17(21)2)19-7-6-8-20(25)16-19/h6-10,16,18H,4-5,11-15H2,1-3H3. The van der Waals surface area contributed by atoms with Crippen LogP contribution < -0.4 is 0 Å². The minimum Gasteiger partial charge on any atom is -0.346 e. The third-order valence-electron chi connectivity index (χ3n) is 5.79. The molecule has 0 atom stereocenters. The summed E-state index contributed by atoms with van der Waals surface area (Å²) in [6.45, 7) is 6.05. The lowest BCUT2D eigenvalue weighted by Gasteiger charge is -2.33. The summed E-state index contributed by atoms with van der Waals surface area (Å²) in [6.07, 6.45) is 3.56. The number of amides is 2. The Morgan fingerprint density at radius 3 is 2.57 bits per heavy atom. The predicted molar refractivity (Wildman–Crippen MR) is 123 cm³/mol. The maximum Gasteiger partial charge on any atom is 0.255 e. The maximum atomic E-state index is 13.1. The summed E-state index contributed by atoms with van der Waals surface area (Å²) in [5, 5.41) is 0. The molecule has 0 N–H and O–H groups in total. The number of carbonyl (C=O) groups excluding carboxylic acids is 2. The van der Waals surface area contributed by atoms with E-state index in [0.717, 1.165) is 53.7 Å². The number of pyridine rings is 1. The van der Waals surface area contributed by atoms with E-state index in [4.69, 9.17) is 0 Å². The second-order valence-electron chi connectivity index (χ2n) is 8.02. The second kappa shape index (κ2) is 10.2. The van der Waals surface area contributed by atoms with Crippen molar-refractivity contribution in [2.45, 2.75) is 39.5 Å². The number of piperidine rings is 1. The highest BCUT2D eigenvalue weighted by Crippen LogP contribution is 2.25. The molecule has 1 fully saturated rings. The first kappa shape index (κ1) is 22.5. The van der Waals surface area contributed by atoms with Gasteiger partial charge in [0.1, 0.15) is 0 Å². The lowest BCUT2D eigenvalue weighted by Crippen LogP contribution is -2.43. The van der Waals surface area contributed by atoms with Crippen LogP contribution in [0.2, 0.25) is 0 Å². The molecule has 1 aromatic heterocycles. The van der Waals surface area contributed by atoms with Gasteiger partial charge < -0.3 is 9.80 Å². The number of halogens is 1. The van der Waals surface area contributed by atoms with Gasteiger partial charge in [0, 0.05) is 42.6 Å². The molecule has 30 heavy (non-hydrogen) atoms. The summed E-state index contributed by atoms with van der Waals surface area (Å²) in [6, 6.07) is 11.7. The van der Waals surface area contributed by atoms with Crippen LogP contribution in [-0.2, 0) is 4.79 Å². The number of aromatic nitrogens is 1. The van der Waals surface area contributed by atoms with Crippen LogP contribution in [0.4, 0.5) is 0 Å². The van der Waals surface area contributed by atoms with E-state index in [2.05, 4.69) is 27.8 Å². The number of hydrogen-bond donors (Lipinski definition) is 0. The molecule has 2 amide bonds. The first-order chi connectivity index (χ1) is 14.4.